The third kappa shape index (κ3) is 4.40. The molecule has 1 aliphatic rings. The molecule has 0 amide bonds. The number of halogens is 2. The molecule has 0 radical (unpaired) electrons. The molecule has 0 spiro atoms. The van der Waals surface area contributed by atoms with Gasteiger partial charge in [0, 0.05) is 36.1 Å². The number of fused-ring (bicyclic) bond motifs is 1. The van der Waals surface area contributed by atoms with E-state index < -0.39 is 0 Å². The van der Waals surface area contributed by atoms with E-state index in [-0.39, 0.29) is 5.97 Å². The van der Waals surface area contributed by atoms with Crippen LogP contribution in [0.4, 0.5) is 0 Å². The summed E-state index contributed by atoms with van der Waals surface area (Å²) in [5, 5.41) is 1.37. The Hall–Kier alpha value is -1.56. The number of rotatable bonds is 6. The van der Waals surface area contributed by atoms with Crippen LogP contribution < -0.4 is 0 Å². The molecule has 1 aromatic carbocycles. The first-order valence-electron chi connectivity index (χ1n) is 8.84. The van der Waals surface area contributed by atoms with Crippen molar-refractivity contribution in [3.63, 3.8) is 0 Å². The molecule has 140 valence electrons. The topological polar surface area (TPSA) is 47.4 Å². The number of benzene rings is 1. The molecule has 0 N–H and O–H groups in total. The molecule has 1 aliphatic heterocycles. The van der Waals surface area contributed by atoms with Crippen molar-refractivity contribution in [3.05, 3.63) is 51.0 Å². The van der Waals surface area contributed by atoms with Crippen molar-refractivity contribution in [1.29, 1.82) is 0 Å². The molecule has 0 saturated heterocycles. The van der Waals surface area contributed by atoms with Gasteiger partial charge < -0.3 is 9.30 Å². The Bertz CT molecular complexity index is 804. The van der Waals surface area contributed by atoms with Gasteiger partial charge in [-0.2, -0.15) is 0 Å². The van der Waals surface area contributed by atoms with Crippen LogP contribution in [0.3, 0.4) is 0 Å². The lowest BCUT2D eigenvalue weighted by Gasteiger charge is -2.27. The number of imidazole rings is 1. The molecule has 0 saturated carbocycles. The molecule has 26 heavy (non-hydrogen) atoms. The van der Waals surface area contributed by atoms with E-state index in [2.05, 4.69) is 9.47 Å². The lowest BCUT2D eigenvalue weighted by Crippen LogP contribution is -2.33. The summed E-state index contributed by atoms with van der Waals surface area (Å²) in [6, 6.07) is 5.52. The van der Waals surface area contributed by atoms with Gasteiger partial charge in [-0.25, -0.2) is 4.98 Å². The van der Waals surface area contributed by atoms with Gasteiger partial charge in [0.1, 0.15) is 5.82 Å². The SMILES string of the molecule is CCOC(=O)CCN1CCc2nc(C)n(Cc3cc(Cl)ccc3Cl)c2C1. The number of esters is 1. The quantitative estimate of drug-likeness (QED) is 0.696. The first-order valence-corrected chi connectivity index (χ1v) is 9.60. The van der Waals surface area contributed by atoms with Crippen LogP contribution in [0, 0.1) is 6.92 Å². The number of hydrogen-bond donors (Lipinski definition) is 0. The lowest BCUT2D eigenvalue weighted by atomic mass is 10.1. The Labute approximate surface area is 163 Å². The van der Waals surface area contributed by atoms with Crippen LogP contribution in [0.25, 0.3) is 0 Å². The number of nitrogens with zero attached hydrogens (tertiary/aromatic N) is 3. The molecule has 0 atom stereocenters. The number of carbonyl (C=O) groups excluding carboxylic acids is 1. The predicted octanol–water partition coefficient (Wildman–Crippen LogP) is 3.86. The van der Waals surface area contributed by atoms with Crippen LogP contribution in [-0.2, 0) is 29.0 Å². The van der Waals surface area contributed by atoms with E-state index in [4.69, 9.17) is 32.9 Å². The molecule has 1 aromatic heterocycles. The van der Waals surface area contributed by atoms with Crippen molar-refractivity contribution in [2.75, 3.05) is 19.7 Å². The summed E-state index contributed by atoms with van der Waals surface area (Å²) in [6.45, 7) is 7.27. The van der Waals surface area contributed by atoms with Gasteiger partial charge in [-0.1, -0.05) is 23.2 Å². The van der Waals surface area contributed by atoms with Gasteiger partial charge in [-0.05, 0) is 37.6 Å². The van der Waals surface area contributed by atoms with Crippen molar-refractivity contribution >= 4 is 29.2 Å². The molecule has 0 fully saturated rings. The van der Waals surface area contributed by atoms with E-state index >= 15 is 0 Å². The van der Waals surface area contributed by atoms with E-state index in [0.717, 1.165) is 36.6 Å². The number of ether oxygens (including phenoxy) is 1. The van der Waals surface area contributed by atoms with Gasteiger partial charge >= 0.3 is 5.97 Å². The fourth-order valence-electron chi connectivity index (χ4n) is 3.32. The summed E-state index contributed by atoms with van der Waals surface area (Å²) < 4.78 is 7.22. The second-order valence-corrected chi connectivity index (χ2v) is 7.30. The monoisotopic (exact) mass is 395 g/mol. The highest BCUT2D eigenvalue weighted by molar-refractivity contribution is 6.33. The molecule has 0 aliphatic carbocycles. The van der Waals surface area contributed by atoms with Gasteiger partial charge in [0.25, 0.3) is 0 Å². The van der Waals surface area contributed by atoms with E-state index in [1.54, 1.807) is 6.07 Å². The van der Waals surface area contributed by atoms with E-state index in [0.29, 0.717) is 36.2 Å². The fourth-order valence-corrected chi connectivity index (χ4v) is 3.69. The minimum absolute atomic E-state index is 0.145. The van der Waals surface area contributed by atoms with Crippen molar-refractivity contribution in [2.24, 2.45) is 0 Å². The molecule has 0 unspecified atom stereocenters. The van der Waals surface area contributed by atoms with Crippen molar-refractivity contribution in [2.45, 2.75) is 39.8 Å². The van der Waals surface area contributed by atoms with Crippen molar-refractivity contribution < 1.29 is 9.53 Å². The lowest BCUT2D eigenvalue weighted by molar-refractivity contribution is -0.143. The average molecular weight is 396 g/mol. The zero-order chi connectivity index (χ0) is 18.7. The van der Waals surface area contributed by atoms with E-state index in [9.17, 15) is 4.79 Å². The summed E-state index contributed by atoms with van der Waals surface area (Å²) in [7, 11) is 0. The van der Waals surface area contributed by atoms with E-state index in [1.165, 1.54) is 5.69 Å². The minimum Gasteiger partial charge on any atom is -0.466 e. The molecule has 5 nitrogen and oxygen atoms in total. The second kappa shape index (κ2) is 8.42. The molecule has 3 rings (SSSR count). The largest absolute Gasteiger partial charge is 0.466 e. The smallest absolute Gasteiger partial charge is 0.307 e. The number of carbonyl (C=O) groups is 1. The van der Waals surface area contributed by atoms with Crippen molar-refractivity contribution in [3.8, 4) is 0 Å². The maximum Gasteiger partial charge on any atom is 0.307 e. The fraction of sp³-hybridized carbons (Fsp3) is 0.474. The highest BCUT2D eigenvalue weighted by Gasteiger charge is 2.23. The molecule has 7 heteroatoms. The third-order valence-corrected chi connectivity index (χ3v) is 5.26. The second-order valence-electron chi connectivity index (χ2n) is 6.46. The van der Waals surface area contributed by atoms with Gasteiger partial charge in [0.05, 0.1) is 31.0 Å². The van der Waals surface area contributed by atoms with Gasteiger partial charge in [0.15, 0.2) is 0 Å². The Balaban J connectivity index is 1.75. The first-order chi connectivity index (χ1) is 12.5. The normalized spacial score (nSPS) is 14.3. The Kier molecular flexibility index (Phi) is 6.22. The van der Waals surface area contributed by atoms with Crippen LogP contribution in [0.2, 0.25) is 10.0 Å². The summed E-state index contributed by atoms with van der Waals surface area (Å²) in [6.07, 6.45) is 1.30. The Morgan fingerprint density at radius 2 is 2.15 bits per heavy atom. The highest BCUT2D eigenvalue weighted by Crippen LogP contribution is 2.26. The zero-order valence-corrected chi connectivity index (χ0v) is 16.6. The average Bonchev–Trinajstić information content (AvgIpc) is 2.92. The Morgan fingerprint density at radius 3 is 2.92 bits per heavy atom. The van der Waals surface area contributed by atoms with Gasteiger partial charge in [0.2, 0.25) is 0 Å². The third-order valence-electron chi connectivity index (χ3n) is 4.66. The number of aryl methyl sites for hydroxylation is 1. The predicted molar refractivity (Wildman–Crippen MR) is 103 cm³/mol. The van der Waals surface area contributed by atoms with Crippen LogP contribution in [0.1, 0.15) is 36.1 Å². The molecule has 2 heterocycles. The van der Waals surface area contributed by atoms with E-state index in [1.807, 2.05) is 26.0 Å². The highest BCUT2D eigenvalue weighted by atomic mass is 35.5. The zero-order valence-electron chi connectivity index (χ0n) is 15.1. The molecule has 2 aromatic rings. The van der Waals surface area contributed by atoms with Crippen LogP contribution in [0.15, 0.2) is 18.2 Å². The minimum atomic E-state index is -0.145. The van der Waals surface area contributed by atoms with Crippen LogP contribution in [0.5, 0.6) is 0 Å². The first kappa shape index (κ1) is 19.2. The molecular weight excluding hydrogens is 373 g/mol. The van der Waals surface area contributed by atoms with Crippen molar-refractivity contribution in [1.82, 2.24) is 14.5 Å². The maximum absolute atomic E-state index is 11.6. The summed E-state index contributed by atoms with van der Waals surface area (Å²) >= 11 is 12.5. The summed E-state index contributed by atoms with van der Waals surface area (Å²) in [5.74, 6) is 0.826. The van der Waals surface area contributed by atoms with Crippen LogP contribution in [-0.4, -0.2) is 40.1 Å². The molecular formula is C19H23Cl2N3O2. The standard InChI is InChI=1S/C19H23Cl2N3O2/c1-3-26-19(25)7-9-23-8-6-17-18(12-23)24(13(2)22-17)11-14-10-15(20)4-5-16(14)21/h4-5,10H,3,6-9,11-12H2,1-2H3. The van der Waals surface area contributed by atoms with Gasteiger partial charge in [-0.15, -0.1) is 0 Å². The number of aromatic nitrogens is 2. The molecule has 0 bridgehead atoms. The Morgan fingerprint density at radius 1 is 1.35 bits per heavy atom. The summed E-state index contributed by atoms with van der Waals surface area (Å²) in [4.78, 5) is 18.6. The number of hydrogen-bond acceptors (Lipinski definition) is 4. The summed E-state index contributed by atoms with van der Waals surface area (Å²) in [5.41, 5.74) is 3.30. The van der Waals surface area contributed by atoms with Gasteiger partial charge in [-0.3, -0.25) is 9.69 Å². The maximum atomic E-state index is 11.6. The van der Waals surface area contributed by atoms with Crippen LogP contribution >= 0.6 is 23.2 Å².